The van der Waals surface area contributed by atoms with E-state index in [4.69, 9.17) is 29.9 Å². The van der Waals surface area contributed by atoms with Gasteiger partial charge >= 0.3 is 6.09 Å². The first kappa shape index (κ1) is 43.9. The number of H-pyrrole nitrogens is 2. The highest BCUT2D eigenvalue weighted by atomic mass is 16.5. The molecule has 2 saturated heterocycles. The molecule has 6 heterocycles. The van der Waals surface area contributed by atoms with E-state index in [1.54, 1.807) is 0 Å². The van der Waals surface area contributed by atoms with E-state index in [1.807, 2.05) is 49.9 Å². The zero-order valence-electron chi connectivity index (χ0n) is 38.2. The molecule has 1 aliphatic carbocycles. The molecule has 6 atom stereocenters. The van der Waals surface area contributed by atoms with Crippen LogP contribution in [0.3, 0.4) is 0 Å². The van der Waals surface area contributed by atoms with Crippen molar-refractivity contribution in [2.24, 2.45) is 23.5 Å². The SMILES string of the molecule is CCCOC1=CC(C2Oc3cc(-c4cnc(C5CCCN5C(=O)C(N)C(C)C)[nH]4)ccc3-c3cc4cc(-c5cnc(C6CCCN6C(=O)C(NC(=O)OC)C(C)C)[nH]5)ccc4n32)CC=C1. The number of hydrogen-bond donors (Lipinski definition) is 4. The van der Waals surface area contributed by atoms with Gasteiger partial charge in [-0.1, -0.05) is 52.8 Å². The van der Waals surface area contributed by atoms with Crippen LogP contribution < -0.4 is 15.8 Å². The second-order valence-corrected chi connectivity index (χ2v) is 18.5. The summed E-state index contributed by atoms with van der Waals surface area (Å²) in [6.45, 7) is 11.8. The highest BCUT2D eigenvalue weighted by Crippen LogP contribution is 2.48. The number of nitrogens with one attached hydrogen (secondary N) is 3. The third kappa shape index (κ3) is 8.42. The van der Waals surface area contributed by atoms with E-state index in [1.165, 1.54) is 7.11 Å². The third-order valence-electron chi connectivity index (χ3n) is 13.4. The van der Waals surface area contributed by atoms with Crippen LogP contribution in [-0.2, 0) is 19.1 Å². The zero-order chi connectivity index (χ0) is 45.5. The fourth-order valence-corrected chi connectivity index (χ4v) is 9.83. The number of aromatic nitrogens is 5. The van der Waals surface area contributed by atoms with Crippen LogP contribution in [-0.4, -0.2) is 91.1 Å². The minimum absolute atomic E-state index is 0.00936. The fraction of sp³-hybridized carbons (Fsp3) is 0.460. The van der Waals surface area contributed by atoms with Crippen LogP contribution in [0.4, 0.5) is 4.79 Å². The minimum Gasteiger partial charge on any atom is -0.494 e. The number of ether oxygens (including phenoxy) is 3. The smallest absolute Gasteiger partial charge is 0.407 e. The molecular weight excluding hydrogens is 823 g/mol. The average Bonchev–Trinajstić information content (AvgIpc) is 4.17. The van der Waals surface area contributed by atoms with Gasteiger partial charge in [0.15, 0.2) is 6.23 Å². The molecule has 65 heavy (non-hydrogen) atoms. The van der Waals surface area contributed by atoms with Gasteiger partial charge in [0.1, 0.15) is 29.2 Å². The predicted octanol–water partition coefficient (Wildman–Crippen LogP) is 8.56. The molecule has 0 saturated carbocycles. The van der Waals surface area contributed by atoms with Crippen molar-refractivity contribution in [2.75, 3.05) is 26.8 Å². The fourth-order valence-electron chi connectivity index (χ4n) is 9.83. The van der Waals surface area contributed by atoms with Gasteiger partial charge in [0.2, 0.25) is 11.8 Å². The van der Waals surface area contributed by atoms with E-state index in [0.717, 1.165) is 101 Å². The molecule has 0 spiro atoms. The molecule has 3 amide bonds. The van der Waals surface area contributed by atoms with Crippen molar-refractivity contribution in [1.29, 1.82) is 0 Å². The molecule has 0 bridgehead atoms. The topological polar surface area (TPSA) is 186 Å². The number of fused-ring (bicyclic) bond motifs is 5. The second-order valence-electron chi connectivity index (χ2n) is 18.5. The first-order valence-electron chi connectivity index (χ1n) is 23.2. The summed E-state index contributed by atoms with van der Waals surface area (Å²) in [5.41, 5.74) is 13.0. The van der Waals surface area contributed by atoms with Crippen LogP contribution >= 0.6 is 0 Å². The molecule has 342 valence electrons. The van der Waals surface area contributed by atoms with E-state index in [0.29, 0.717) is 25.5 Å². The van der Waals surface area contributed by atoms with Crippen LogP contribution in [0.5, 0.6) is 5.75 Å². The summed E-state index contributed by atoms with van der Waals surface area (Å²) in [4.78, 5) is 59.7. The number of nitrogens with zero attached hydrogens (tertiary/aromatic N) is 5. The molecule has 3 aromatic heterocycles. The molecule has 2 fully saturated rings. The quantitative estimate of drug-likeness (QED) is 0.0899. The van der Waals surface area contributed by atoms with Crippen LogP contribution in [0, 0.1) is 17.8 Å². The van der Waals surface area contributed by atoms with Crippen molar-refractivity contribution in [3.05, 3.63) is 90.5 Å². The summed E-state index contributed by atoms with van der Waals surface area (Å²) in [7, 11) is 1.30. The summed E-state index contributed by atoms with van der Waals surface area (Å²) in [6.07, 6.45) is 14.1. The van der Waals surface area contributed by atoms with E-state index < -0.39 is 18.2 Å². The highest BCUT2D eigenvalue weighted by Gasteiger charge is 2.39. The van der Waals surface area contributed by atoms with Crippen molar-refractivity contribution in [3.63, 3.8) is 0 Å². The van der Waals surface area contributed by atoms with E-state index in [-0.39, 0.29) is 47.9 Å². The van der Waals surface area contributed by atoms with Gasteiger partial charge in [0.05, 0.1) is 66.8 Å². The van der Waals surface area contributed by atoms with Crippen LogP contribution in [0.25, 0.3) is 44.7 Å². The van der Waals surface area contributed by atoms with Crippen molar-refractivity contribution >= 4 is 28.8 Å². The minimum atomic E-state index is -0.708. The third-order valence-corrected chi connectivity index (χ3v) is 13.4. The number of aromatic amines is 2. The van der Waals surface area contributed by atoms with Gasteiger partial charge in [-0.2, -0.15) is 0 Å². The van der Waals surface area contributed by atoms with Crippen molar-refractivity contribution in [2.45, 2.75) is 104 Å². The van der Waals surface area contributed by atoms with Gasteiger partial charge in [0, 0.05) is 41.1 Å². The molecule has 9 rings (SSSR count). The first-order chi connectivity index (χ1) is 31.4. The number of nitrogens with two attached hydrogens (primary N) is 1. The number of likely N-dealkylation sites (tertiary alicyclic amines) is 2. The summed E-state index contributed by atoms with van der Waals surface area (Å²) in [6, 6.07) is 13.3. The normalized spacial score (nSPS) is 21.3. The number of alkyl carbamates (subject to hydrolysis) is 1. The molecule has 15 nitrogen and oxygen atoms in total. The summed E-state index contributed by atoms with van der Waals surface area (Å²) in [5, 5.41) is 3.78. The molecular formula is C50H61N9O6. The maximum Gasteiger partial charge on any atom is 0.407 e. The maximum atomic E-state index is 13.8. The lowest BCUT2D eigenvalue weighted by molar-refractivity contribution is -0.136. The molecule has 4 aliphatic rings. The Morgan fingerprint density at radius 1 is 0.892 bits per heavy atom. The van der Waals surface area contributed by atoms with Crippen molar-refractivity contribution < 1.29 is 28.6 Å². The lowest BCUT2D eigenvalue weighted by atomic mass is 9.95. The number of rotatable bonds is 13. The standard InChI is InChI=1S/C50H61N9O6/c1-7-21-64-34-12-8-11-32(23-34)49-59-38-18-16-30(36-26-52-46(54-36)40-14-10-20-58(40)48(61)44(29(4)5)56-50(62)63-6)22-33(38)24-41(59)35-17-15-31(25-42(35)65-49)37-27-53-45(55-37)39-13-9-19-57(39)47(60)43(51)28(2)3/h8,12,15-18,22-29,32,39-40,43-44,49H,7,9-11,13-14,19-21,51H2,1-6H3,(H,52,54)(H,53,55)(H,56,62). The highest BCUT2D eigenvalue weighted by molar-refractivity contribution is 5.92. The van der Waals surface area contributed by atoms with E-state index in [2.05, 4.69) is 87.5 Å². The predicted molar refractivity (Wildman–Crippen MR) is 248 cm³/mol. The van der Waals surface area contributed by atoms with Gasteiger partial charge in [-0.05, 0) is 92.8 Å². The van der Waals surface area contributed by atoms with Crippen molar-refractivity contribution in [1.82, 2.24) is 39.6 Å². The number of imidazole rings is 2. The van der Waals surface area contributed by atoms with Crippen molar-refractivity contribution in [3.8, 4) is 39.5 Å². The lowest BCUT2D eigenvalue weighted by Crippen LogP contribution is -2.51. The summed E-state index contributed by atoms with van der Waals surface area (Å²) < 4.78 is 20.4. The summed E-state index contributed by atoms with van der Waals surface area (Å²) >= 11 is 0. The Morgan fingerprint density at radius 3 is 2.20 bits per heavy atom. The Balaban J connectivity index is 1.03. The molecule has 2 aromatic carbocycles. The van der Waals surface area contributed by atoms with Gasteiger partial charge in [0.25, 0.3) is 0 Å². The number of amides is 3. The van der Waals surface area contributed by atoms with E-state index >= 15 is 0 Å². The number of methoxy groups -OCH3 is 1. The van der Waals surface area contributed by atoms with Crippen LogP contribution in [0.1, 0.15) is 103 Å². The Labute approximate surface area is 379 Å². The number of hydrogen-bond acceptors (Lipinski definition) is 9. The van der Waals surface area contributed by atoms with Crippen LogP contribution in [0.2, 0.25) is 0 Å². The average molecular weight is 884 g/mol. The molecule has 5 aromatic rings. The molecule has 0 radical (unpaired) electrons. The van der Waals surface area contributed by atoms with Gasteiger partial charge < -0.3 is 49.6 Å². The zero-order valence-corrected chi connectivity index (χ0v) is 38.2. The lowest BCUT2D eigenvalue weighted by Gasteiger charge is -2.35. The van der Waals surface area contributed by atoms with Gasteiger partial charge in [-0.25, -0.2) is 14.8 Å². The largest absolute Gasteiger partial charge is 0.494 e. The monoisotopic (exact) mass is 883 g/mol. The maximum absolute atomic E-state index is 13.8. The Hall–Kier alpha value is -6.35. The molecule has 3 aliphatic heterocycles. The number of carbonyl (C=O) groups is 3. The van der Waals surface area contributed by atoms with Crippen LogP contribution in [0.15, 0.2) is 78.8 Å². The molecule has 6 unspecified atom stereocenters. The Bertz CT molecular complexity index is 2640. The molecule has 5 N–H and O–H groups in total. The summed E-state index contributed by atoms with van der Waals surface area (Å²) in [5.74, 6) is 2.84. The number of benzene rings is 2. The van der Waals surface area contributed by atoms with E-state index in [9.17, 15) is 14.4 Å². The Morgan fingerprint density at radius 2 is 1.55 bits per heavy atom. The first-order valence-corrected chi connectivity index (χ1v) is 23.2. The number of carbonyl (C=O) groups excluding carboxylic acids is 3. The van der Waals surface area contributed by atoms with Gasteiger partial charge in [-0.3, -0.25) is 9.59 Å². The molecule has 15 heteroatoms. The van der Waals surface area contributed by atoms with Gasteiger partial charge in [-0.15, -0.1) is 0 Å². The second kappa shape index (κ2) is 18.3. The number of allylic oxidation sites excluding steroid dienone is 2. The Kier molecular flexibility index (Phi) is 12.3.